The molecule has 4 rings (SSSR count). The highest BCUT2D eigenvalue weighted by atomic mass is 19.2. The molecule has 0 unspecified atom stereocenters. The molecule has 2 aromatic carbocycles. The zero-order valence-electron chi connectivity index (χ0n) is 16.5. The molecule has 2 aromatic heterocycles. The molecule has 0 amide bonds. The number of nitrogens with zero attached hydrogens (tertiary/aromatic N) is 2. The van der Waals surface area contributed by atoms with Gasteiger partial charge in [0.1, 0.15) is 12.4 Å². The van der Waals surface area contributed by atoms with E-state index >= 15 is 0 Å². The van der Waals surface area contributed by atoms with Gasteiger partial charge in [-0.1, -0.05) is 18.2 Å². The fourth-order valence-corrected chi connectivity index (χ4v) is 3.17. The van der Waals surface area contributed by atoms with Crippen LogP contribution in [-0.4, -0.2) is 15.8 Å². The molecule has 0 spiro atoms. The van der Waals surface area contributed by atoms with Gasteiger partial charge in [0.15, 0.2) is 17.4 Å². The lowest BCUT2D eigenvalue weighted by atomic mass is 9.98. The third-order valence-electron chi connectivity index (χ3n) is 4.76. The first-order valence-corrected chi connectivity index (χ1v) is 9.63. The average molecular weight is 416 g/mol. The van der Waals surface area contributed by atoms with E-state index in [1.807, 2.05) is 24.3 Å². The maximum Gasteiger partial charge on any atom is 0.171 e. The second-order valence-electron chi connectivity index (χ2n) is 6.95. The third-order valence-corrected chi connectivity index (χ3v) is 4.76. The summed E-state index contributed by atoms with van der Waals surface area (Å²) < 4.78 is 32.5. The molecule has 0 saturated heterocycles. The molecule has 0 atom stereocenters. The van der Waals surface area contributed by atoms with Crippen LogP contribution in [0, 0.1) is 11.6 Å². The van der Waals surface area contributed by atoms with Crippen molar-refractivity contribution in [3.05, 3.63) is 114 Å². The summed E-state index contributed by atoms with van der Waals surface area (Å²) in [5.41, 5.74) is 3.41. The Hall–Kier alpha value is -3.93. The van der Waals surface area contributed by atoms with Crippen LogP contribution >= 0.6 is 0 Å². The molecule has 6 heteroatoms. The van der Waals surface area contributed by atoms with E-state index < -0.39 is 11.6 Å². The number of benzene rings is 2. The van der Waals surface area contributed by atoms with Crippen molar-refractivity contribution in [1.29, 1.82) is 0 Å². The summed E-state index contributed by atoms with van der Waals surface area (Å²) >= 11 is 0. The van der Waals surface area contributed by atoms with Gasteiger partial charge in [-0.3, -0.25) is 14.8 Å². The molecule has 4 aromatic rings. The molecular formula is C25H18F2N2O2. The van der Waals surface area contributed by atoms with Crippen LogP contribution in [0.3, 0.4) is 0 Å². The van der Waals surface area contributed by atoms with Gasteiger partial charge in [-0.05, 0) is 64.7 Å². The van der Waals surface area contributed by atoms with Gasteiger partial charge >= 0.3 is 0 Å². The predicted octanol–water partition coefficient (Wildman–Crippen LogP) is 5.43. The Bertz CT molecular complexity index is 1200. The highest BCUT2D eigenvalue weighted by Gasteiger charge is 2.16. The molecule has 31 heavy (non-hydrogen) atoms. The van der Waals surface area contributed by atoms with E-state index in [2.05, 4.69) is 9.97 Å². The van der Waals surface area contributed by atoms with Crippen molar-refractivity contribution < 1.29 is 18.3 Å². The van der Waals surface area contributed by atoms with E-state index in [0.717, 1.165) is 28.8 Å². The van der Waals surface area contributed by atoms with Gasteiger partial charge in [-0.15, -0.1) is 0 Å². The maximum atomic E-state index is 13.5. The van der Waals surface area contributed by atoms with Gasteiger partial charge in [0.05, 0.1) is 5.56 Å². The van der Waals surface area contributed by atoms with E-state index in [9.17, 15) is 13.6 Å². The van der Waals surface area contributed by atoms with Crippen LogP contribution in [0.2, 0.25) is 0 Å². The van der Waals surface area contributed by atoms with Gasteiger partial charge in [0, 0.05) is 31.2 Å². The number of carbonyl (C=O) groups is 1. The van der Waals surface area contributed by atoms with Gasteiger partial charge in [-0.2, -0.15) is 0 Å². The number of ketones is 1. The fraction of sp³-hybridized carbons (Fsp3) is 0.0800. The Morgan fingerprint density at radius 2 is 1.65 bits per heavy atom. The van der Waals surface area contributed by atoms with Crippen molar-refractivity contribution in [2.45, 2.75) is 13.0 Å². The van der Waals surface area contributed by atoms with Gasteiger partial charge in [0.2, 0.25) is 0 Å². The second-order valence-corrected chi connectivity index (χ2v) is 6.95. The minimum atomic E-state index is -0.943. The Balaban J connectivity index is 1.64. The van der Waals surface area contributed by atoms with Crippen molar-refractivity contribution in [3.8, 4) is 16.9 Å². The predicted molar refractivity (Wildman–Crippen MR) is 113 cm³/mol. The number of ether oxygens (including phenoxy) is 1. The number of hydrogen-bond donors (Lipinski definition) is 0. The van der Waals surface area contributed by atoms with Crippen molar-refractivity contribution in [1.82, 2.24) is 9.97 Å². The minimum Gasteiger partial charge on any atom is -0.488 e. The zero-order chi connectivity index (χ0) is 21.6. The topological polar surface area (TPSA) is 52.1 Å². The number of Topliss-reactive ketones (excluding diaryl/α,β-unsaturated/α-hetero) is 1. The summed E-state index contributed by atoms with van der Waals surface area (Å²) in [5, 5.41) is 0. The average Bonchev–Trinajstić information content (AvgIpc) is 2.81. The Labute approximate surface area is 178 Å². The number of halogens is 2. The molecule has 0 aliphatic heterocycles. The Morgan fingerprint density at radius 1 is 0.806 bits per heavy atom. The molecule has 2 heterocycles. The van der Waals surface area contributed by atoms with Crippen LogP contribution in [0.25, 0.3) is 11.1 Å². The van der Waals surface area contributed by atoms with Crippen LogP contribution in [0.15, 0.2) is 85.5 Å². The van der Waals surface area contributed by atoms with E-state index in [0.29, 0.717) is 16.9 Å². The summed E-state index contributed by atoms with van der Waals surface area (Å²) in [5.74, 6) is -1.62. The molecule has 0 bridgehead atoms. The molecule has 154 valence electrons. The molecule has 0 radical (unpaired) electrons. The van der Waals surface area contributed by atoms with E-state index in [4.69, 9.17) is 4.74 Å². The monoisotopic (exact) mass is 416 g/mol. The first-order chi connectivity index (χ1) is 15.1. The van der Waals surface area contributed by atoms with Crippen molar-refractivity contribution in [3.63, 3.8) is 0 Å². The Morgan fingerprint density at radius 3 is 2.39 bits per heavy atom. The molecule has 0 N–H and O–H groups in total. The van der Waals surface area contributed by atoms with E-state index in [-0.39, 0.29) is 18.8 Å². The van der Waals surface area contributed by atoms with Crippen molar-refractivity contribution in [2.24, 2.45) is 0 Å². The SMILES string of the molecule is O=C(Cc1cccnc1)c1cc(-c2ccncc2)ccc1OCc1ccc(F)c(F)c1. The first kappa shape index (κ1) is 20.3. The normalized spacial score (nSPS) is 10.6. The van der Waals surface area contributed by atoms with Gasteiger partial charge < -0.3 is 4.74 Å². The highest BCUT2D eigenvalue weighted by Crippen LogP contribution is 2.28. The quantitative estimate of drug-likeness (QED) is 0.377. The molecule has 0 aliphatic carbocycles. The largest absolute Gasteiger partial charge is 0.488 e. The van der Waals surface area contributed by atoms with Crippen LogP contribution in [-0.2, 0) is 13.0 Å². The lowest BCUT2D eigenvalue weighted by Crippen LogP contribution is -2.08. The third kappa shape index (κ3) is 4.98. The van der Waals surface area contributed by atoms with Crippen LogP contribution in [0.4, 0.5) is 8.78 Å². The van der Waals surface area contributed by atoms with Crippen molar-refractivity contribution in [2.75, 3.05) is 0 Å². The Kier molecular flexibility index (Phi) is 6.08. The summed E-state index contributed by atoms with van der Waals surface area (Å²) in [6, 6.07) is 16.2. The van der Waals surface area contributed by atoms with Crippen LogP contribution in [0.5, 0.6) is 5.75 Å². The van der Waals surface area contributed by atoms with Crippen molar-refractivity contribution >= 4 is 5.78 Å². The standard InChI is InChI=1S/C25H18F2N2O2/c26-22-5-3-18(12-23(22)27)16-31-25-6-4-20(19-7-10-28-11-8-19)14-21(25)24(30)13-17-2-1-9-29-15-17/h1-12,14-15H,13,16H2. The van der Waals surface area contributed by atoms with E-state index in [1.54, 1.807) is 43.0 Å². The molecule has 0 aliphatic rings. The number of pyridine rings is 2. The van der Waals surface area contributed by atoms with Gasteiger partial charge in [-0.25, -0.2) is 8.78 Å². The number of carbonyl (C=O) groups excluding carboxylic acids is 1. The second kappa shape index (κ2) is 9.26. The molecular weight excluding hydrogens is 398 g/mol. The summed E-state index contributed by atoms with van der Waals surface area (Å²) in [6.07, 6.45) is 6.82. The number of rotatable bonds is 7. The van der Waals surface area contributed by atoms with Gasteiger partial charge in [0.25, 0.3) is 0 Å². The smallest absolute Gasteiger partial charge is 0.171 e. The molecule has 0 fully saturated rings. The molecule has 4 nitrogen and oxygen atoms in total. The highest BCUT2D eigenvalue weighted by molar-refractivity contribution is 6.01. The molecule has 0 saturated carbocycles. The van der Waals surface area contributed by atoms with E-state index in [1.165, 1.54) is 6.07 Å². The lowest BCUT2D eigenvalue weighted by molar-refractivity contribution is 0.0988. The fourth-order valence-electron chi connectivity index (χ4n) is 3.17. The lowest BCUT2D eigenvalue weighted by Gasteiger charge is -2.13. The maximum absolute atomic E-state index is 13.5. The summed E-state index contributed by atoms with van der Waals surface area (Å²) in [7, 11) is 0. The number of aromatic nitrogens is 2. The van der Waals surface area contributed by atoms with Crippen LogP contribution < -0.4 is 4.74 Å². The minimum absolute atomic E-state index is 0.00102. The summed E-state index contributed by atoms with van der Waals surface area (Å²) in [4.78, 5) is 21.2. The number of hydrogen-bond acceptors (Lipinski definition) is 4. The summed E-state index contributed by atoms with van der Waals surface area (Å²) in [6.45, 7) is -0.00102. The zero-order valence-corrected chi connectivity index (χ0v) is 16.5. The van der Waals surface area contributed by atoms with Crippen LogP contribution in [0.1, 0.15) is 21.5 Å². The first-order valence-electron chi connectivity index (χ1n) is 9.63.